The van der Waals surface area contributed by atoms with E-state index < -0.39 is 0 Å². The molecule has 2 aliphatic rings. The van der Waals surface area contributed by atoms with Gasteiger partial charge in [-0.3, -0.25) is 9.89 Å². The number of hydrogen-bond acceptors (Lipinski definition) is 4. The molecule has 3 heterocycles. The number of likely N-dealkylation sites (tertiary alicyclic amines) is 1. The van der Waals surface area contributed by atoms with E-state index in [1.807, 2.05) is 4.90 Å². The number of aliphatic imine (C=N–C) groups is 1. The van der Waals surface area contributed by atoms with Crippen LogP contribution in [0.2, 0.25) is 0 Å². The highest BCUT2D eigenvalue weighted by atomic mass is 127. The Bertz CT molecular complexity index is 614. The smallest absolute Gasteiger partial charge is 0.191 e. The lowest BCUT2D eigenvalue weighted by atomic mass is 10.0. The summed E-state index contributed by atoms with van der Waals surface area (Å²) in [5.74, 6) is 1.01. The summed E-state index contributed by atoms with van der Waals surface area (Å²) in [5.41, 5.74) is 0. The van der Waals surface area contributed by atoms with Crippen molar-refractivity contribution < 1.29 is 4.39 Å². The van der Waals surface area contributed by atoms with Crippen LogP contribution in [0.5, 0.6) is 0 Å². The molecule has 0 aromatic carbocycles. The number of aromatic nitrogens is 1. The van der Waals surface area contributed by atoms with Gasteiger partial charge in [0.1, 0.15) is 0 Å². The standard InChI is InChI=1S/C19H31FN6.HI/c1-15-6-3-4-11-25(15)13-10-23-19(21-2)24-16-8-12-26(14-16)18-17(20)7-5-9-22-18;/h5,7,9,15-16H,3-4,6,8,10-14H2,1-2H3,(H2,21,23,24);1H. The van der Waals surface area contributed by atoms with E-state index >= 15 is 0 Å². The summed E-state index contributed by atoms with van der Waals surface area (Å²) < 4.78 is 13.9. The minimum atomic E-state index is -0.258. The third-order valence-corrected chi connectivity index (χ3v) is 5.42. The van der Waals surface area contributed by atoms with Crippen molar-refractivity contribution in [2.45, 2.75) is 44.7 Å². The van der Waals surface area contributed by atoms with Crippen molar-refractivity contribution in [1.29, 1.82) is 0 Å². The first-order valence-corrected chi connectivity index (χ1v) is 9.74. The summed E-state index contributed by atoms with van der Waals surface area (Å²) in [4.78, 5) is 13.1. The molecule has 2 fully saturated rings. The van der Waals surface area contributed by atoms with Crippen molar-refractivity contribution in [2.24, 2.45) is 4.99 Å². The van der Waals surface area contributed by atoms with Crippen LogP contribution < -0.4 is 15.5 Å². The lowest BCUT2D eigenvalue weighted by Gasteiger charge is -2.33. The summed E-state index contributed by atoms with van der Waals surface area (Å²) in [7, 11) is 1.80. The van der Waals surface area contributed by atoms with Crippen molar-refractivity contribution in [1.82, 2.24) is 20.5 Å². The van der Waals surface area contributed by atoms with Gasteiger partial charge in [-0.15, -0.1) is 24.0 Å². The molecule has 0 spiro atoms. The Balaban J connectivity index is 0.00000261. The highest BCUT2D eigenvalue weighted by Gasteiger charge is 2.26. The Labute approximate surface area is 179 Å². The Morgan fingerprint density at radius 3 is 2.93 bits per heavy atom. The van der Waals surface area contributed by atoms with Gasteiger partial charge >= 0.3 is 0 Å². The molecule has 0 amide bonds. The van der Waals surface area contributed by atoms with Gasteiger partial charge in [0.2, 0.25) is 0 Å². The van der Waals surface area contributed by atoms with E-state index in [1.54, 1.807) is 19.3 Å². The molecule has 1 aromatic heterocycles. The molecular formula is C19H32FIN6. The van der Waals surface area contributed by atoms with Crippen LogP contribution in [-0.2, 0) is 0 Å². The van der Waals surface area contributed by atoms with Gasteiger partial charge in [0, 0.05) is 51.5 Å². The van der Waals surface area contributed by atoms with Crippen LogP contribution in [0, 0.1) is 5.82 Å². The molecule has 3 rings (SSSR count). The molecule has 1 aromatic rings. The highest BCUT2D eigenvalue weighted by molar-refractivity contribution is 14.0. The number of halogens is 2. The molecular weight excluding hydrogens is 458 g/mol. The van der Waals surface area contributed by atoms with E-state index in [4.69, 9.17) is 0 Å². The fraction of sp³-hybridized carbons (Fsp3) is 0.684. The van der Waals surface area contributed by atoms with Crippen LogP contribution >= 0.6 is 24.0 Å². The molecule has 2 unspecified atom stereocenters. The van der Waals surface area contributed by atoms with Gasteiger partial charge in [0.25, 0.3) is 0 Å². The maximum atomic E-state index is 13.9. The number of nitrogens with zero attached hydrogens (tertiary/aromatic N) is 4. The van der Waals surface area contributed by atoms with Gasteiger partial charge in [0.05, 0.1) is 0 Å². The lowest BCUT2D eigenvalue weighted by Crippen LogP contribution is -2.48. The van der Waals surface area contributed by atoms with Crippen molar-refractivity contribution in [3.8, 4) is 0 Å². The van der Waals surface area contributed by atoms with Gasteiger partial charge in [-0.25, -0.2) is 9.37 Å². The molecule has 2 aliphatic heterocycles. The van der Waals surface area contributed by atoms with Crippen LogP contribution in [0.1, 0.15) is 32.6 Å². The zero-order chi connectivity index (χ0) is 18.4. The van der Waals surface area contributed by atoms with E-state index in [1.165, 1.54) is 31.9 Å². The zero-order valence-electron chi connectivity index (χ0n) is 16.3. The number of hydrogen-bond donors (Lipinski definition) is 2. The number of pyridine rings is 1. The Morgan fingerprint density at radius 2 is 2.19 bits per heavy atom. The normalized spacial score (nSPS) is 23.8. The Kier molecular flexibility index (Phi) is 9.01. The van der Waals surface area contributed by atoms with E-state index in [9.17, 15) is 4.39 Å². The maximum absolute atomic E-state index is 13.9. The molecule has 0 radical (unpaired) electrons. The van der Waals surface area contributed by atoms with Crippen LogP contribution in [-0.4, -0.2) is 67.7 Å². The van der Waals surface area contributed by atoms with Gasteiger partial charge in [-0.1, -0.05) is 6.42 Å². The molecule has 2 N–H and O–H groups in total. The number of rotatable bonds is 5. The van der Waals surface area contributed by atoms with Crippen molar-refractivity contribution in [3.05, 3.63) is 24.1 Å². The molecule has 27 heavy (non-hydrogen) atoms. The molecule has 2 saturated heterocycles. The Hall–Kier alpha value is -1.16. The molecule has 0 aliphatic carbocycles. The zero-order valence-corrected chi connectivity index (χ0v) is 18.7. The second-order valence-electron chi connectivity index (χ2n) is 7.26. The number of nitrogens with one attached hydrogen (secondary N) is 2. The van der Waals surface area contributed by atoms with Crippen LogP contribution in [0.4, 0.5) is 10.2 Å². The number of piperidine rings is 1. The van der Waals surface area contributed by atoms with E-state index in [0.717, 1.165) is 38.6 Å². The summed E-state index contributed by atoms with van der Waals surface area (Å²) in [6.07, 6.45) is 6.54. The van der Waals surface area contributed by atoms with Gasteiger partial charge in [-0.05, 0) is 44.9 Å². The highest BCUT2D eigenvalue weighted by Crippen LogP contribution is 2.20. The first kappa shape index (κ1) is 22.1. The molecule has 152 valence electrons. The third kappa shape index (κ3) is 6.17. The fourth-order valence-electron chi connectivity index (χ4n) is 3.88. The topological polar surface area (TPSA) is 55.8 Å². The van der Waals surface area contributed by atoms with Gasteiger partial charge < -0.3 is 15.5 Å². The van der Waals surface area contributed by atoms with Crippen LogP contribution in [0.3, 0.4) is 0 Å². The predicted octanol–water partition coefficient (Wildman–Crippen LogP) is 2.46. The van der Waals surface area contributed by atoms with E-state index in [2.05, 4.69) is 32.4 Å². The lowest BCUT2D eigenvalue weighted by molar-refractivity contribution is 0.163. The molecule has 6 nitrogen and oxygen atoms in total. The first-order valence-electron chi connectivity index (χ1n) is 9.74. The van der Waals surface area contributed by atoms with Gasteiger partial charge in [-0.2, -0.15) is 0 Å². The van der Waals surface area contributed by atoms with Crippen molar-refractivity contribution in [3.63, 3.8) is 0 Å². The van der Waals surface area contributed by atoms with Crippen LogP contribution in [0.15, 0.2) is 23.3 Å². The molecule has 2 atom stereocenters. The third-order valence-electron chi connectivity index (χ3n) is 5.42. The monoisotopic (exact) mass is 490 g/mol. The average molecular weight is 490 g/mol. The summed E-state index contributed by atoms with van der Waals surface area (Å²) in [5, 5.41) is 6.88. The van der Waals surface area contributed by atoms with Crippen molar-refractivity contribution >= 4 is 35.8 Å². The Morgan fingerprint density at radius 1 is 1.33 bits per heavy atom. The van der Waals surface area contributed by atoms with E-state index in [-0.39, 0.29) is 35.8 Å². The molecule has 0 saturated carbocycles. The molecule has 8 heteroatoms. The van der Waals surface area contributed by atoms with Gasteiger partial charge in [0.15, 0.2) is 17.6 Å². The second-order valence-corrected chi connectivity index (χ2v) is 7.26. The predicted molar refractivity (Wildman–Crippen MR) is 120 cm³/mol. The second kappa shape index (κ2) is 11.0. The van der Waals surface area contributed by atoms with E-state index in [0.29, 0.717) is 11.9 Å². The van der Waals surface area contributed by atoms with Crippen LogP contribution in [0.25, 0.3) is 0 Å². The SMILES string of the molecule is CN=C(NCCN1CCCCC1C)NC1CCN(c2ncccc2F)C1.I. The largest absolute Gasteiger partial charge is 0.355 e. The maximum Gasteiger partial charge on any atom is 0.191 e. The number of guanidine groups is 1. The minimum absolute atomic E-state index is 0. The summed E-state index contributed by atoms with van der Waals surface area (Å²) >= 11 is 0. The first-order chi connectivity index (χ1) is 12.7. The number of anilines is 1. The summed E-state index contributed by atoms with van der Waals surface area (Å²) in [6, 6.07) is 4.01. The fourth-order valence-corrected chi connectivity index (χ4v) is 3.88. The molecule has 0 bridgehead atoms. The average Bonchev–Trinajstić information content (AvgIpc) is 3.11. The van der Waals surface area contributed by atoms with Crippen molar-refractivity contribution in [2.75, 3.05) is 44.7 Å². The summed E-state index contributed by atoms with van der Waals surface area (Å²) in [6.45, 7) is 6.97. The minimum Gasteiger partial charge on any atom is -0.355 e. The quantitative estimate of drug-likeness (QED) is 0.378.